The number of nitrogens with zero attached hydrogens (tertiary/aromatic N) is 2. The van der Waals surface area contributed by atoms with Crippen molar-refractivity contribution in [3.8, 4) is 0 Å². The Morgan fingerprint density at radius 2 is 1.95 bits per heavy atom. The molecule has 112 valence electrons. The van der Waals surface area contributed by atoms with Gasteiger partial charge in [-0.15, -0.1) is 24.0 Å². The molecule has 21 heavy (non-hydrogen) atoms. The summed E-state index contributed by atoms with van der Waals surface area (Å²) in [6, 6.07) is 13.9. The summed E-state index contributed by atoms with van der Waals surface area (Å²) in [5, 5.41) is 3.70. The van der Waals surface area contributed by atoms with Crippen molar-refractivity contribution in [3.63, 3.8) is 0 Å². The molecule has 0 bridgehead atoms. The largest absolute Gasteiger partial charge is 0.370 e. The highest BCUT2D eigenvalue weighted by atomic mass is 127. The van der Waals surface area contributed by atoms with Crippen LogP contribution in [0.1, 0.15) is 11.3 Å². The Morgan fingerprint density at radius 3 is 2.62 bits per heavy atom. The smallest absolute Gasteiger partial charge is 0.188 e. The minimum atomic E-state index is 0. The summed E-state index contributed by atoms with van der Waals surface area (Å²) in [4.78, 5) is 8.39. The van der Waals surface area contributed by atoms with Crippen molar-refractivity contribution in [1.29, 1.82) is 0 Å². The van der Waals surface area contributed by atoms with Crippen molar-refractivity contribution in [2.24, 2.45) is 10.7 Å². The van der Waals surface area contributed by atoms with Crippen molar-refractivity contribution in [1.82, 2.24) is 10.3 Å². The molecule has 0 fully saturated rings. The molecular formula is C15H18ClIN4. The standard InChI is InChI=1S/C15H17ClN4.HI/c16-13-6-7-14(19-10-13)11-20-15(17)18-9-8-12-4-2-1-3-5-12;/h1-7,10H,8-9,11H2,(H3,17,18,20);1H. The summed E-state index contributed by atoms with van der Waals surface area (Å²) in [6.45, 7) is 1.20. The number of pyridine rings is 1. The second kappa shape index (κ2) is 9.57. The molecule has 0 saturated carbocycles. The van der Waals surface area contributed by atoms with E-state index in [9.17, 15) is 0 Å². The quantitative estimate of drug-likeness (QED) is 0.447. The first-order chi connectivity index (χ1) is 9.74. The van der Waals surface area contributed by atoms with Crippen molar-refractivity contribution in [3.05, 3.63) is 64.9 Å². The molecule has 1 heterocycles. The van der Waals surface area contributed by atoms with Gasteiger partial charge in [0.1, 0.15) is 0 Å². The third-order valence-electron chi connectivity index (χ3n) is 2.76. The van der Waals surface area contributed by atoms with Crippen molar-refractivity contribution >= 4 is 41.5 Å². The highest BCUT2D eigenvalue weighted by Crippen LogP contribution is 2.06. The summed E-state index contributed by atoms with van der Waals surface area (Å²) >= 11 is 5.77. The van der Waals surface area contributed by atoms with Crippen LogP contribution in [-0.4, -0.2) is 17.5 Å². The fourth-order valence-corrected chi connectivity index (χ4v) is 1.81. The predicted molar refractivity (Wildman–Crippen MR) is 98.1 cm³/mol. The van der Waals surface area contributed by atoms with Gasteiger partial charge in [0.25, 0.3) is 0 Å². The van der Waals surface area contributed by atoms with Gasteiger partial charge in [-0.2, -0.15) is 0 Å². The summed E-state index contributed by atoms with van der Waals surface area (Å²) in [7, 11) is 0. The van der Waals surface area contributed by atoms with E-state index < -0.39 is 0 Å². The average Bonchev–Trinajstić information content (AvgIpc) is 2.48. The third-order valence-corrected chi connectivity index (χ3v) is 2.99. The molecule has 2 aromatic rings. The number of nitrogens with two attached hydrogens (primary N) is 1. The maximum atomic E-state index is 5.80. The number of aromatic nitrogens is 1. The normalized spacial score (nSPS) is 10.8. The first kappa shape index (κ1) is 17.7. The zero-order valence-electron chi connectivity index (χ0n) is 11.5. The Bertz CT molecular complexity index is 558. The Morgan fingerprint density at radius 1 is 1.19 bits per heavy atom. The Kier molecular flexibility index (Phi) is 8.07. The van der Waals surface area contributed by atoms with Gasteiger partial charge in [0, 0.05) is 12.7 Å². The summed E-state index contributed by atoms with van der Waals surface area (Å²) in [5.74, 6) is 0.428. The van der Waals surface area contributed by atoms with Gasteiger partial charge >= 0.3 is 0 Å². The van der Waals surface area contributed by atoms with Crippen LogP contribution in [0.25, 0.3) is 0 Å². The molecular weight excluding hydrogens is 399 g/mol. The van der Waals surface area contributed by atoms with E-state index in [-0.39, 0.29) is 24.0 Å². The highest BCUT2D eigenvalue weighted by Gasteiger charge is 1.96. The van der Waals surface area contributed by atoms with Gasteiger partial charge in [-0.1, -0.05) is 41.9 Å². The van der Waals surface area contributed by atoms with Crippen molar-refractivity contribution < 1.29 is 0 Å². The lowest BCUT2D eigenvalue weighted by Crippen LogP contribution is -2.33. The minimum Gasteiger partial charge on any atom is -0.370 e. The Balaban J connectivity index is 0.00000220. The van der Waals surface area contributed by atoms with E-state index in [4.69, 9.17) is 17.3 Å². The minimum absolute atomic E-state index is 0. The number of hydrogen-bond donors (Lipinski definition) is 2. The summed E-state index contributed by atoms with van der Waals surface area (Å²) in [5.41, 5.74) is 7.91. The average molecular weight is 417 g/mol. The first-order valence-corrected chi connectivity index (χ1v) is 6.80. The van der Waals surface area contributed by atoms with Gasteiger partial charge in [0.05, 0.1) is 17.3 Å². The van der Waals surface area contributed by atoms with Gasteiger partial charge in [-0.05, 0) is 24.1 Å². The zero-order valence-corrected chi connectivity index (χ0v) is 14.6. The van der Waals surface area contributed by atoms with Crippen LogP contribution in [0, 0.1) is 0 Å². The van der Waals surface area contributed by atoms with Crippen molar-refractivity contribution in [2.75, 3.05) is 6.54 Å². The lowest BCUT2D eigenvalue weighted by atomic mass is 10.1. The molecule has 0 saturated heterocycles. The fraction of sp³-hybridized carbons (Fsp3) is 0.200. The van der Waals surface area contributed by atoms with Crippen LogP contribution in [0.15, 0.2) is 53.7 Å². The number of rotatable bonds is 5. The molecule has 0 aliphatic carbocycles. The number of halogens is 2. The molecule has 0 aliphatic heterocycles. The van der Waals surface area contributed by atoms with Crippen LogP contribution < -0.4 is 11.1 Å². The predicted octanol–water partition coefficient (Wildman–Crippen LogP) is 3.00. The van der Waals surface area contributed by atoms with Gasteiger partial charge in [-0.25, -0.2) is 4.99 Å². The molecule has 0 amide bonds. The van der Waals surface area contributed by atoms with E-state index in [0.29, 0.717) is 17.5 Å². The molecule has 0 radical (unpaired) electrons. The highest BCUT2D eigenvalue weighted by molar-refractivity contribution is 14.0. The first-order valence-electron chi connectivity index (χ1n) is 6.42. The van der Waals surface area contributed by atoms with E-state index in [1.54, 1.807) is 12.3 Å². The molecule has 4 nitrogen and oxygen atoms in total. The monoisotopic (exact) mass is 416 g/mol. The molecule has 0 unspecified atom stereocenters. The number of benzene rings is 1. The molecule has 0 spiro atoms. The molecule has 0 aliphatic rings. The lowest BCUT2D eigenvalue weighted by Gasteiger charge is -2.05. The van der Waals surface area contributed by atoms with E-state index in [2.05, 4.69) is 27.4 Å². The molecule has 1 aromatic carbocycles. The third kappa shape index (κ3) is 6.77. The number of aliphatic imine (C=N–C) groups is 1. The van der Waals surface area contributed by atoms with Gasteiger partial charge < -0.3 is 11.1 Å². The summed E-state index contributed by atoms with van der Waals surface area (Å²) < 4.78 is 0. The van der Waals surface area contributed by atoms with E-state index in [0.717, 1.165) is 18.7 Å². The molecule has 6 heteroatoms. The van der Waals surface area contributed by atoms with Gasteiger partial charge in [-0.3, -0.25) is 4.98 Å². The zero-order chi connectivity index (χ0) is 14.2. The van der Waals surface area contributed by atoms with Crippen LogP contribution in [-0.2, 0) is 13.0 Å². The van der Waals surface area contributed by atoms with E-state index >= 15 is 0 Å². The maximum absolute atomic E-state index is 5.80. The van der Waals surface area contributed by atoms with Crippen LogP contribution in [0.5, 0.6) is 0 Å². The molecule has 3 N–H and O–H groups in total. The molecule has 2 rings (SSSR count). The topological polar surface area (TPSA) is 63.3 Å². The van der Waals surface area contributed by atoms with Crippen LogP contribution in [0.2, 0.25) is 5.02 Å². The van der Waals surface area contributed by atoms with Gasteiger partial charge in [0.2, 0.25) is 0 Å². The van der Waals surface area contributed by atoms with Crippen molar-refractivity contribution in [2.45, 2.75) is 13.0 Å². The lowest BCUT2D eigenvalue weighted by molar-refractivity contribution is 0.844. The second-order valence-electron chi connectivity index (χ2n) is 4.33. The van der Waals surface area contributed by atoms with Crippen LogP contribution in [0.3, 0.4) is 0 Å². The van der Waals surface area contributed by atoms with E-state index in [1.807, 2.05) is 24.3 Å². The van der Waals surface area contributed by atoms with Crippen LogP contribution in [0.4, 0.5) is 0 Å². The maximum Gasteiger partial charge on any atom is 0.188 e. The fourth-order valence-electron chi connectivity index (χ4n) is 1.70. The van der Waals surface area contributed by atoms with E-state index in [1.165, 1.54) is 5.56 Å². The molecule has 0 atom stereocenters. The summed E-state index contributed by atoms with van der Waals surface area (Å²) in [6.07, 6.45) is 2.52. The number of guanidine groups is 1. The number of nitrogens with one attached hydrogen (secondary N) is 1. The molecule has 1 aromatic heterocycles. The second-order valence-corrected chi connectivity index (χ2v) is 4.77. The van der Waals surface area contributed by atoms with Gasteiger partial charge in [0.15, 0.2) is 5.96 Å². The van der Waals surface area contributed by atoms with Crippen LogP contribution >= 0.6 is 35.6 Å². The Hall–Kier alpha value is -1.34. The Labute approximate surface area is 146 Å². The SMILES string of the molecule is I.NC(=NCc1ccc(Cl)cn1)NCCc1ccccc1. The number of hydrogen-bond acceptors (Lipinski definition) is 2.